The Morgan fingerprint density at radius 3 is 2.54 bits per heavy atom. The van der Waals surface area contributed by atoms with Gasteiger partial charge in [-0.25, -0.2) is 9.97 Å². The zero-order valence-corrected chi connectivity index (χ0v) is 16.0. The lowest BCUT2D eigenvalue weighted by atomic mass is 10.2. The zero-order chi connectivity index (χ0) is 17.7. The number of carbonyl (C=O) groups excluding carboxylic acids is 2. The molecule has 0 bridgehead atoms. The van der Waals surface area contributed by atoms with Gasteiger partial charge in [-0.1, -0.05) is 49.3 Å². The van der Waals surface area contributed by atoms with E-state index >= 15 is 0 Å². The molecule has 2 rings (SSSR count). The van der Waals surface area contributed by atoms with Crippen LogP contribution in [0, 0.1) is 0 Å². The number of carbonyl (C=O) groups is 2. The van der Waals surface area contributed by atoms with Crippen LogP contribution in [0.5, 0.6) is 0 Å². The molecule has 126 valence electrons. The SMILES string of the molecule is CC(C)Sc1ncc(Cl)c(C(=O)NNC(=O)c2ccccc2Br)n1. The van der Waals surface area contributed by atoms with Crippen LogP contribution < -0.4 is 10.9 Å². The molecule has 2 N–H and O–H groups in total. The molecule has 2 amide bonds. The van der Waals surface area contributed by atoms with Crippen LogP contribution >= 0.6 is 39.3 Å². The number of hydrogen-bond donors (Lipinski definition) is 2. The highest BCUT2D eigenvalue weighted by atomic mass is 79.9. The number of aromatic nitrogens is 2. The maximum atomic E-state index is 12.2. The molecule has 1 aromatic heterocycles. The van der Waals surface area contributed by atoms with E-state index < -0.39 is 11.8 Å². The summed E-state index contributed by atoms with van der Waals surface area (Å²) in [7, 11) is 0. The molecule has 0 fully saturated rings. The average Bonchev–Trinajstić information content (AvgIpc) is 2.54. The van der Waals surface area contributed by atoms with Crippen molar-refractivity contribution in [2.24, 2.45) is 0 Å². The molecule has 0 spiro atoms. The lowest BCUT2D eigenvalue weighted by Crippen LogP contribution is -2.42. The molecule has 2 aromatic rings. The number of rotatable bonds is 4. The van der Waals surface area contributed by atoms with Gasteiger partial charge in [-0.05, 0) is 28.1 Å². The molecule has 0 aliphatic carbocycles. The fraction of sp³-hybridized carbons (Fsp3) is 0.200. The fourth-order valence-corrected chi connectivity index (χ4v) is 2.98. The first kappa shape index (κ1) is 18.7. The van der Waals surface area contributed by atoms with E-state index in [9.17, 15) is 9.59 Å². The van der Waals surface area contributed by atoms with E-state index in [0.29, 0.717) is 15.2 Å². The molecule has 0 aliphatic heterocycles. The highest BCUT2D eigenvalue weighted by molar-refractivity contribution is 9.10. The second kappa shape index (κ2) is 8.46. The van der Waals surface area contributed by atoms with Gasteiger partial charge in [-0.3, -0.25) is 20.4 Å². The third-order valence-electron chi connectivity index (χ3n) is 2.69. The first-order chi connectivity index (χ1) is 11.4. The minimum absolute atomic E-state index is 0.00208. The summed E-state index contributed by atoms with van der Waals surface area (Å²) in [6, 6.07) is 6.86. The van der Waals surface area contributed by atoms with Crippen LogP contribution in [0.25, 0.3) is 0 Å². The summed E-state index contributed by atoms with van der Waals surface area (Å²) in [6.07, 6.45) is 1.36. The van der Waals surface area contributed by atoms with Crippen molar-refractivity contribution >= 4 is 51.1 Å². The van der Waals surface area contributed by atoms with Crippen LogP contribution in [0.2, 0.25) is 5.02 Å². The summed E-state index contributed by atoms with van der Waals surface area (Å²) in [4.78, 5) is 32.5. The van der Waals surface area contributed by atoms with E-state index in [2.05, 4.69) is 36.7 Å². The molecule has 24 heavy (non-hydrogen) atoms. The number of halogens is 2. The average molecular weight is 430 g/mol. The number of benzene rings is 1. The van der Waals surface area contributed by atoms with Crippen molar-refractivity contribution in [3.63, 3.8) is 0 Å². The molecule has 0 atom stereocenters. The summed E-state index contributed by atoms with van der Waals surface area (Å²) >= 11 is 10.7. The van der Waals surface area contributed by atoms with Crippen molar-refractivity contribution in [2.45, 2.75) is 24.3 Å². The van der Waals surface area contributed by atoms with Gasteiger partial charge in [0.05, 0.1) is 16.8 Å². The quantitative estimate of drug-likeness (QED) is 0.442. The third-order valence-corrected chi connectivity index (χ3v) is 4.53. The van der Waals surface area contributed by atoms with Gasteiger partial charge in [0, 0.05) is 9.72 Å². The van der Waals surface area contributed by atoms with Crippen LogP contribution in [-0.2, 0) is 0 Å². The highest BCUT2D eigenvalue weighted by Crippen LogP contribution is 2.21. The molecule has 9 heteroatoms. The summed E-state index contributed by atoms with van der Waals surface area (Å²) in [5.41, 5.74) is 5.03. The molecule has 0 saturated heterocycles. The topological polar surface area (TPSA) is 84.0 Å². The Bertz CT molecular complexity index is 773. The summed E-state index contributed by atoms with van der Waals surface area (Å²) in [5.74, 6) is -1.08. The smallest absolute Gasteiger partial charge is 0.267 e. The molecule has 0 aliphatic rings. The molecule has 0 saturated carbocycles. The molecular weight excluding hydrogens is 416 g/mol. The van der Waals surface area contributed by atoms with Gasteiger partial charge in [0.2, 0.25) is 0 Å². The Labute approximate surface area is 156 Å². The number of hydrazine groups is 1. The Morgan fingerprint density at radius 1 is 1.21 bits per heavy atom. The molecule has 0 unspecified atom stereocenters. The highest BCUT2D eigenvalue weighted by Gasteiger charge is 2.17. The predicted octanol–water partition coefficient (Wildman–Crippen LogP) is 3.47. The maximum Gasteiger partial charge on any atom is 0.289 e. The second-order valence-corrected chi connectivity index (χ2v) is 7.71. The van der Waals surface area contributed by atoms with E-state index in [0.717, 1.165) is 0 Å². The Hall–Kier alpha value is -1.64. The summed E-state index contributed by atoms with van der Waals surface area (Å²) in [6.45, 7) is 3.97. The largest absolute Gasteiger partial charge is 0.289 e. The molecular formula is C15H14BrClN4O2S. The minimum Gasteiger partial charge on any atom is -0.267 e. The van der Waals surface area contributed by atoms with Gasteiger partial charge in [0.1, 0.15) is 0 Å². The second-order valence-electron chi connectivity index (χ2n) is 4.90. The molecule has 6 nitrogen and oxygen atoms in total. The number of hydrogen-bond acceptors (Lipinski definition) is 5. The first-order valence-corrected chi connectivity index (χ1v) is 8.98. The van der Waals surface area contributed by atoms with Crippen molar-refractivity contribution in [3.05, 3.63) is 51.2 Å². The number of thioether (sulfide) groups is 1. The third kappa shape index (κ3) is 4.93. The van der Waals surface area contributed by atoms with Crippen molar-refractivity contribution in [2.75, 3.05) is 0 Å². The van der Waals surface area contributed by atoms with Gasteiger partial charge >= 0.3 is 0 Å². The van der Waals surface area contributed by atoms with Gasteiger partial charge in [-0.2, -0.15) is 0 Å². The number of nitrogens with zero attached hydrogens (tertiary/aromatic N) is 2. The zero-order valence-electron chi connectivity index (χ0n) is 12.8. The monoisotopic (exact) mass is 428 g/mol. The summed E-state index contributed by atoms with van der Waals surface area (Å²) in [5, 5.41) is 0.810. The van der Waals surface area contributed by atoms with Gasteiger partial charge < -0.3 is 0 Å². The Kier molecular flexibility index (Phi) is 6.59. The van der Waals surface area contributed by atoms with Crippen LogP contribution in [0.15, 0.2) is 40.1 Å². The molecule has 1 heterocycles. The van der Waals surface area contributed by atoms with Crippen molar-refractivity contribution < 1.29 is 9.59 Å². The predicted molar refractivity (Wildman–Crippen MR) is 97.1 cm³/mol. The van der Waals surface area contributed by atoms with E-state index in [-0.39, 0.29) is 16.0 Å². The van der Waals surface area contributed by atoms with Crippen LogP contribution in [0.4, 0.5) is 0 Å². The van der Waals surface area contributed by atoms with E-state index in [1.807, 2.05) is 13.8 Å². The van der Waals surface area contributed by atoms with Gasteiger partial charge in [0.15, 0.2) is 10.9 Å². The van der Waals surface area contributed by atoms with Crippen LogP contribution in [-0.4, -0.2) is 27.0 Å². The van der Waals surface area contributed by atoms with Crippen LogP contribution in [0.1, 0.15) is 34.7 Å². The number of amides is 2. The van der Waals surface area contributed by atoms with Crippen molar-refractivity contribution in [3.8, 4) is 0 Å². The van der Waals surface area contributed by atoms with E-state index in [1.165, 1.54) is 18.0 Å². The lowest BCUT2D eigenvalue weighted by molar-refractivity contribution is 0.0843. The fourth-order valence-electron chi connectivity index (χ4n) is 1.66. The van der Waals surface area contributed by atoms with E-state index in [1.54, 1.807) is 24.3 Å². The standard InChI is InChI=1S/C15H14BrClN4O2S/c1-8(2)24-15-18-7-11(17)12(19-15)14(23)21-20-13(22)9-5-3-4-6-10(9)16/h3-8H,1-2H3,(H,20,22)(H,21,23). The first-order valence-electron chi connectivity index (χ1n) is 6.93. The molecule has 0 radical (unpaired) electrons. The Balaban J connectivity index is 2.07. The maximum absolute atomic E-state index is 12.2. The molecule has 1 aromatic carbocycles. The summed E-state index contributed by atoms with van der Waals surface area (Å²) < 4.78 is 0.618. The van der Waals surface area contributed by atoms with Crippen molar-refractivity contribution in [1.82, 2.24) is 20.8 Å². The van der Waals surface area contributed by atoms with Gasteiger partial charge in [0.25, 0.3) is 11.8 Å². The van der Waals surface area contributed by atoms with Crippen molar-refractivity contribution in [1.29, 1.82) is 0 Å². The number of nitrogens with one attached hydrogen (secondary N) is 2. The normalized spacial score (nSPS) is 10.5. The van der Waals surface area contributed by atoms with Gasteiger partial charge in [-0.15, -0.1) is 0 Å². The Morgan fingerprint density at radius 2 is 1.88 bits per heavy atom. The minimum atomic E-state index is -0.617. The lowest BCUT2D eigenvalue weighted by Gasteiger charge is -2.10. The van der Waals surface area contributed by atoms with Crippen LogP contribution in [0.3, 0.4) is 0 Å². The van der Waals surface area contributed by atoms with E-state index in [4.69, 9.17) is 11.6 Å².